The molecule has 0 aliphatic rings. The Kier molecular flexibility index (Phi) is 6.22. The highest BCUT2D eigenvalue weighted by Crippen LogP contribution is 2.16. The Hall–Kier alpha value is -1.08. The van der Waals surface area contributed by atoms with Crippen LogP contribution in [-0.4, -0.2) is 58.5 Å². The van der Waals surface area contributed by atoms with Gasteiger partial charge in [0.15, 0.2) is 0 Å². The minimum atomic E-state index is -0.461. The standard InChI is InChI=1S/C14H25BrN4O2/c1-14(2,3)21-13(20)18(5)8-7-17(4)10-12-11(15)9-16-19(12)6/h9H,7-8,10H2,1-6H3. The number of amides is 1. The van der Waals surface area contributed by atoms with E-state index < -0.39 is 5.60 Å². The van der Waals surface area contributed by atoms with Crippen LogP contribution >= 0.6 is 15.9 Å². The van der Waals surface area contributed by atoms with Gasteiger partial charge in [0, 0.05) is 33.7 Å². The van der Waals surface area contributed by atoms with Crippen molar-refractivity contribution < 1.29 is 9.53 Å². The van der Waals surface area contributed by atoms with E-state index in [-0.39, 0.29) is 6.09 Å². The highest BCUT2D eigenvalue weighted by atomic mass is 79.9. The van der Waals surface area contributed by atoms with E-state index in [1.807, 2.05) is 39.5 Å². The Balaban J connectivity index is 2.42. The van der Waals surface area contributed by atoms with E-state index in [1.165, 1.54) is 0 Å². The van der Waals surface area contributed by atoms with Crippen LogP contribution in [0, 0.1) is 0 Å². The largest absolute Gasteiger partial charge is 0.444 e. The number of rotatable bonds is 5. The zero-order valence-corrected chi connectivity index (χ0v) is 15.3. The average Bonchev–Trinajstić information content (AvgIpc) is 2.65. The Labute approximate surface area is 135 Å². The van der Waals surface area contributed by atoms with Crippen molar-refractivity contribution in [2.45, 2.75) is 32.9 Å². The number of carbonyl (C=O) groups excluding carboxylic acids is 1. The van der Waals surface area contributed by atoms with Gasteiger partial charge in [-0.2, -0.15) is 5.10 Å². The lowest BCUT2D eigenvalue weighted by Gasteiger charge is -2.26. The zero-order chi connectivity index (χ0) is 16.2. The summed E-state index contributed by atoms with van der Waals surface area (Å²) in [5.41, 5.74) is 0.647. The molecular formula is C14H25BrN4O2. The Morgan fingerprint density at radius 2 is 2.00 bits per heavy atom. The molecule has 6 nitrogen and oxygen atoms in total. The van der Waals surface area contributed by atoms with Crippen molar-refractivity contribution in [2.75, 3.05) is 27.2 Å². The molecule has 0 aliphatic carbocycles. The van der Waals surface area contributed by atoms with E-state index in [0.29, 0.717) is 6.54 Å². The lowest BCUT2D eigenvalue weighted by Crippen LogP contribution is -2.38. The zero-order valence-electron chi connectivity index (χ0n) is 13.7. The minimum Gasteiger partial charge on any atom is -0.444 e. The molecule has 0 unspecified atom stereocenters. The lowest BCUT2D eigenvalue weighted by molar-refractivity contribution is 0.0286. The predicted molar refractivity (Wildman–Crippen MR) is 86.1 cm³/mol. The molecule has 0 radical (unpaired) electrons. The van der Waals surface area contributed by atoms with Gasteiger partial charge in [0.25, 0.3) is 0 Å². The van der Waals surface area contributed by atoms with Gasteiger partial charge in [-0.25, -0.2) is 4.79 Å². The van der Waals surface area contributed by atoms with Crippen LogP contribution in [0.15, 0.2) is 10.7 Å². The molecule has 0 saturated carbocycles. The summed E-state index contributed by atoms with van der Waals surface area (Å²) in [5.74, 6) is 0. The van der Waals surface area contributed by atoms with E-state index in [2.05, 4.69) is 25.9 Å². The molecule has 0 atom stereocenters. The fraction of sp³-hybridized carbons (Fsp3) is 0.714. The molecule has 0 bridgehead atoms. The topological polar surface area (TPSA) is 50.6 Å². The molecule has 1 aromatic rings. The first-order chi connectivity index (χ1) is 9.60. The SMILES string of the molecule is CN(CCN(C)C(=O)OC(C)(C)C)Cc1c(Br)cnn1C. The maximum atomic E-state index is 11.9. The fourth-order valence-corrected chi connectivity index (χ4v) is 2.17. The van der Waals surface area contributed by atoms with Crippen molar-refractivity contribution in [3.05, 3.63) is 16.4 Å². The molecule has 1 aromatic heterocycles. The number of likely N-dealkylation sites (N-methyl/N-ethyl adjacent to an activating group) is 2. The van der Waals surface area contributed by atoms with Crippen LogP contribution in [0.2, 0.25) is 0 Å². The normalized spacial score (nSPS) is 11.8. The van der Waals surface area contributed by atoms with Crippen LogP contribution in [0.3, 0.4) is 0 Å². The van der Waals surface area contributed by atoms with E-state index in [0.717, 1.165) is 23.3 Å². The summed E-state index contributed by atoms with van der Waals surface area (Å²) in [4.78, 5) is 15.6. The number of carbonyl (C=O) groups is 1. The van der Waals surface area contributed by atoms with Crippen molar-refractivity contribution in [3.8, 4) is 0 Å². The Bertz CT molecular complexity index is 462. The van der Waals surface area contributed by atoms with Gasteiger partial charge >= 0.3 is 6.09 Å². The molecule has 0 saturated heterocycles. The molecule has 120 valence electrons. The third-order valence-electron chi connectivity index (χ3n) is 2.95. The van der Waals surface area contributed by atoms with E-state index in [9.17, 15) is 4.79 Å². The second kappa shape index (κ2) is 7.26. The number of hydrogen-bond donors (Lipinski definition) is 0. The first kappa shape index (κ1) is 18.0. The van der Waals surface area contributed by atoms with Gasteiger partial charge in [-0.1, -0.05) is 0 Å². The van der Waals surface area contributed by atoms with Crippen molar-refractivity contribution in [1.82, 2.24) is 19.6 Å². The summed E-state index contributed by atoms with van der Waals surface area (Å²) >= 11 is 3.49. The number of halogens is 1. The smallest absolute Gasteiger partial charge is 0.410 e. The number of nitrogens with zero attached hydrogens (tertiary/aromatic N) is 4. The summed E-state index contributed by atoms with van der Waals surface area (Å²) in [5, 5.41) is 4.19. The number of aromatic nitrogens is 2. The van der Waals surface area contributed by atoms with Crippen molar-refractivity contribution >= 4 is 22.0 Å². The predicted octanol–water partition coefficient (Wildman–Crippen LogP) is 2.48. The molecule has 0 fully saturated rings. The maximum Gasteiger partial charge on any atom is 0.410 e. The summed E-state index contributed by atoms with van der Waals surface area (Å²) in [6.45, 7) is 7.73. The third kappa shape index (κ3) is 6.05. The van der Waals surface area contributed by atoms with Crippen molar-refractivity contribution in [1.29, 1.82) is 0 Å². The number of aryl methyl sites for hydroxylation is 1. The first-order valence-electron chi connectivity index (χ1n) is 6.89. The second-order valence-corrected chi connectivity index (χ2v) is 7.06. The van der Waals surface area contributed by atoms with Crippen LogP contribution < -0.4 is 0 Å². The maximum absolute atomic E-state index is 11.9. The van der Waals surface area contributed by atoms with E-state index in [4.69, 9.17) is 4.74 Å². The quantitative estimate of drug-likeness (QED) is 0.809. The minimum absolute atomic E-state index is 0.294. The second-order valence-electron chi connectivity index (χ2n) is 6.20. The Morgan fingerprint density at radius 3 is 2.48 bits per heavy atom. The molecule has 0 N–H and O–H groups in total. The molecule has 0 aliphatic heterocycles. The van der Waals surface area contributed by atoms with Crippen LogP contribution in [0.5, 0.6) is 0 Å². The van der Waals surface area contributed by atoms with Gasteiger partial charge in [0.2, 0.25) is 0 Å². The Morgan fingerprint density at radius 1 is 1.38 bits per heavy atom. The number of hydrogen-bond acceptors (Lipinski definition) is 4. The molecule has 1 rings (SSSR count). The van der Waals surface area contributed by atoms with Crippen molar-refractivity contribution in [3.63, 3.8) is 0 Å². The summed E-state index contributed by atoms with van der Waals surface area (Å²) < 4.78 is 8.17. The van der Waals surface area contributed by atoms with Crippen LogP contribution in [0.25, 0.3) is 0 Å². The molecular weight excluding hydrogens is 336 g/mol. The highest BCUT2D eigenvalue weighted by Gasteiger charge is 2.19. The van der Waals surface area contributed by atoms with E-state index in [1.54, 1.807) is 18.1 Å². The average molecular weight is 361 g/mol. The van der Waals surface area contributed by atoms with Gasteiger partial charge in [-0.15, -0.1) is 0 Å². The van der Waals surface area contributed by atoms with Crippen molar-refractivity contribution in [2.24, 2.45) is 7.05 Å². The van der Waals surface area contributed by atoms with Gasteiger partial charge in [0.1, 0.15) is 5.60 Å². The van der Waals surface area contributed by atoms with Crippen LogP contribution in [0.4, 0.5) is 4.79 Å². The lowest BCUT2D eigenvalue weighted by atomic mass is 10.2. The molecule has 0 aromatic carbocycles. The summed E-state index contributed by atoms with van der Waals surface area (Å²) in [6.07, 6.45) is 1.49. The van der Waals surface area contributed by atoms with Gasteiger partial charge in [-0.3, -0.25) is 9.58 Å². The highest BCUT2D eigenvalue weighted by molar-refractivity contribution is 9.10. The molecule has 0 spiro atoms. The van der Waals surface area contributed by atoms with Gasteiger partial charge < -0.3 is 9.64 Å². The molecule has 7 heteroatoms. The first-order valence-corrected chi connectivity index (χ1v) is 7.68. The van der Waals surface area contributed by atoms with Crippen LogP contribution in [0.1, 0.15) is 26.5 Å². The number of ether oxygens (including phenoxy) is 1. The molecule has 1 heterocycles. The van der Waals surface area contributed by atoms with Crippen LogP contribution in [-0.2, 0) is 18.3 Å². The fourth-order valence-electron chi connectivity index (χ4n) is 1.70. The summed E-state index contributed by atoms with van der Waals surface area (Å²) in [7, 11) is 5.69. The summed E-state index contributed by atoms with van der Waals surface area (Å²) in [6, 6.07) is 0. The van der Waals surface area contributed by atoms with Gasteiger partial charge in [-0.05, 0) is 43.7 Å². The molecule has 21 heavy (non-hydrogen) atoms. The van der Waals surface area contributed by atoms with E-state index >= 15 is 0 Å². The molecule has 1 amide bonds. The monoisotopic (exact) mass is 360 g/mol. The third-order valence-corrected chi connectivity index (χ3v) is 3.62. The van der Waals surface area contributed by atoms with Gasteiger partial charge in [0.05, 0.1) is 16.4 Å².